The second-order valence-corrected chi connectivity index (χ2v) is 6.49. The van der Waals surface area contributed by atoms with Crippen molar-refractivity contribution in [2.75, 3.05) is 4.72 Å². The van der Waals surface area contributed by atoms with Gasteiger partial charge in [-0.2, -0.15) is 5.10 Å². The van der Waals surface area contributed by atoms with Crippen LogP contribution >= 0.6 is 15.9 Å². The summed E-state index contributed by atoms with van der Waals surface area (Å²) in [6, 6.07) is 5.35. The molecule has 2 rings (SSSR count). The lowest BCUT2D eigenvalue weighted by atomic mass is 10.2. The van der Waals surface area contributed by atoms with Gasteiger partial charge >= 0.3 is 0 Å². The zero-order valence-electron chi connectivity index (χ0n) is 9.86. The number of halogens is 1. The monoisotopic (exact) mass is 329 g/mol. The predicted molar refractivity (Wildman–Crippen MR) is 73.0 cm³/mol. The summed E-state index contributed by atoms with van der Waals surface area (Å²) in [5.74, 6) is 0. The number of hydrogen-bond donors (Lipinski definition) is 2. The first-order valence-corrected chi connectivity index (χ1v) is 7.47. The molecule has 0 saturated heterocycles. The van der Waals surface area contributed by atoms with Crippen molar-refractivity contribution in [1.82, 2.24) is 10.2 Å². The van der Waals surface area contributed by atoms with E-state index in [0.717, 1.165) is 10.0 Å². The van der Waals surface area contributed by atoms with E-state index in [1.807, 2.05) is 13.0 Å². The van der Waals surface area contributed by atoms with Crippen molar-refractivity contribution in [2.24, 2.45) is 0 Å². The van der Waals surface area contributed by atoms with Crippen molar-refractivity contribution >= 4 is 31.6 Å². The predicted octanol–water partition coefficient (Wildman–Crippen LogP) is 2.59. The normalized spacial score (nSPS) is 11.5. The molecule has 0 saturated carbocycles. The first kappa shape index (κ1) is 13.1. The van der Waals surface area contributed by atoms with Crippen molar-refractivity contribution in [3.8, 4) is 0 Å². The van der Waals surface area contributed by atoms with Crippen molar-refractivity contribution in [3.05, 3.63) is 40.1 Å². The smallest absolute Gasteiger partial charge is 0.265 e. The molecule has 1 aromatic heterocycles. The fourth-order valence-electron chi connectivity index (χ4n) is 1.55. The first-order valence-electron chi connectivity index (χ1n) is 5.19. The molecule has 5 nitrogen and oxygen atoms in total. The summed E-state index contributed by atoms with van der Waals surface area (Å²) in [6.45, 7) is 3.50. The largest absolute Gasteiger partial charge is 0.281 e. The van der Waals surface area contributed by atoms with E-state index in [9.17, 15) is 8.42 Å². The number of aromatic nitrogens is 2. The number of aryl methyl sites for hydroxylation is 2. The number of nitrogens with zero attached hydrogens (tertiary/aromatic N) is 1. The molecular formula is C11H12BrN3O2S. The maximum absolute atomic E-state index is 12.1. The Morgan fingerprint density at radius 2 is 2.06 bits per heavy atom. The molecule has 0 fully saturated rings. The molecule has 2 N–H and O–H groups in total. The van der Waals surface area contributed by atoms with Crippen LogP contribution in [-0.4, -0.2) is 18.6 Å². The number of sulfonamides is 1. The lowest BCUT2D eigenvalue weighted by Gasteiger charge is -2.10. The van der Waals surface area contributed by atoms with Gasteiger partial charge in [0.1, 0.15) is 4.90 Å². The van der Waals surface area contributed by atoms with E-state index in [1.54, 1.807) is 19.1 Å². The second kappa shape index (κ2) is 4.74. The number of H-pyrrole nitrogens is 1. The van der Waals surface area contributed by atoms with Crippen LogP contribution in [0.1, 0.15) is 11.3 Å². The van der Waals surface area contributed by atoms with E-state index in [2.05, 4.69) is 30.8 Å². The molecule has 0 atom stereocenters. The summed E-state index contributed by atoms with van der Waals surface area (Å²) in [5.41, 5.74) is 1.91. The molecule has 2 aromatic rings. The first-order chi connectivity index (χ1) is 8.40. The highest BCUT2D eigenvalue weighted by atomic mass is 79.9. The summed E-state index contributed by atoms with van der Waals surface area (Å²) in [6.07, 6.45) is 1.30. The maximum Gasteiger partial charge on any atom is 0.265 e. The van der Waals surface area contributed by atoms with Crippen LogP contribution in [-0.2, 0) is 10.0 Å². The fourth-order valence-corrected chi connectivity index (χ4v) is 3.30. The van der Waals surface area contributed by atoms with Gasteiger partial charge in [-0.1, -0.05) is 15.9 Å². The Labute approximate surface area is 114 Å². The highest BCUT2D eigenvalue weighted by molar-refractivity contribution is 9.10. The van der Waals surface area contributed by atoms with Crippen molar-refractivity contribution in [2.45, 2.75) is 18.7 Å². The molecule has 0 unspecified atom stereocenters. The van der Waals surface area contributed by atoms with Gasteiger partial charge in [-0.05, 0) is 37.6 Å². The van der Waals surface area contributed by atoms with Crippen LogP contribution in [0.2, 0.25) is 0 Å². The molecule has 7 heteroatoms. The average Bonchev–Trinajstić information content (AvgIpc) is 2.69. The topological polar surface area (TPSA) is 74.8 Å². The third-order valence-electron chi connectivity index (χ3n) is 2.51. The number of nitrogens with one attached hydrogen (secondary N) is 2. The van der Waals surface area contributed by atoms with Crippen molar-refractivity contribution in [3.63, 3.8) is 0 Å². The zero-order valence-corrected chi connectivity index (χ0v) is 12.3. The number of benzene rings is 1. The Balaban J connectivity index is 2.37. The maximum atomic E-state index is 12.1. The third-order valence-corrected chi connectivity index (χ3v) is 4.48. The van der Waals surface area contributed by atoms with Crippen LogP contribution in [0, 0.1) is 13.8 Å². The Bertz CT molecular complexity index is 679. The van der Waals surface area contributed by atoms with E-state index in [4.69, 9.17) is 0 Å². The summed E-state index contributed by atoms with van der Waals surface area (Å²) >= 11 is 3.33. The summed E-state index contributed by atoms with van der Waals surface area (Å²) in [7, 11) is -3.60. The lowest BCUT2D eigenvalue weighted by molar-refractivity contribution is 0.600. The van der Waals surface area contributed by atoms with Gasteiger partial charge in [0.05, 0.1) is 17.6 Å². The average molecular weight is 330 g/mol. The van der Waals surface area contributed by atoms with Gasteiger partial charge in [0, 0.05) is 4.47 Å². The van der Waals surface area contributed by atoms with E-state index >= 15 is 0 Å². The molecule has 0 radical (unpaired) electrons. The molecule has 96 valence electrons. The fraction of sp³-hybridized carbons (Fsp3) is 0.182. The van der Waals surface area contributed by atoms with Gasteiger partial charge in [-0.25, -0.2) is 8.42 Å². The SMILES string of the molecule is Cc1cc(Br)ccc1NS(=O)(=O)c1cn[nH]c1C. The van der Waals surface area contributed by atoms with Crippen LogP contribution in [0.3, 0.4) is 0 Å². The molecule has 0 bridgehead atoms. The minimum absolute atomic E-state index is 0.157. The highest BCUT2D eigenvalue weighted by Gasteiger charge is 2.19. The molecular weight excluding hydrogens is 318 g/mol. The van der Waals surface area contributed by atoms with E-state index in [-0.39, 0.29) is 4.90 Å². The minimum atomic E-state index is -3.60. The Hall–Kier alpha value is -1.34. The lowest BCUT2D eigenvalue weighted by Crippen LogP contribution is -2.14. The van der Waals surface area contributed by atoms with Gasteiger partial charge < -0.3 is 0 Å². The van der Waals surface area contributed by atoms with Gasteiger partial charge in [0.2, 0.25) is 0 Å². The van der Waals surface area contributed by atoms with Gasteiger partial charge in [-0.3, -0.25) is 9.82 Å². The molecule has 1 heterocycles. The van der Waals surface area contributed by atoms with E-state index in [1.165, 1.54) is 6.20 Å². The molecule has 0 spiro atoms. The van der Waals surface area contributed by atoms with Crippen LogP contribution < -0.4 is 4.72 Å². The number of aromatic amines is 1. The highest BCUT2D eigenvalue weighted by Crippen LogP contribution is 2.23. The molecule has 1 aromatic carbocycles. The summed E-state index contributed by atoms with van der Waals surface area (Å²) in [5, 5.41) is 6.32. The number of rotatable bonds is 3. The number of hydrogen-bond acceptors (Lipinski definition) is 3. The molecule has 0 aliphatic heterocycles. The molecule has 0 amide bonds. The van der Waals surface area contributed by atoms with Crippen LogP contribution in [0.25, 0.3) is 0 Å². The summed E-state index contributed by atoms with van der Waals surface area (Å²) in [4.78, 5) is 0.157. The van der Waals surface area contributed by atoms with E-state index in [0.29, 0.717) is 11.4 Å². The number of anilines is 1. The van der Waals surface area contributed by atoms with Crippen LogP contribution in [0.4, 0.5) is 5.69 Å². The van der Waals surface area contributed by atoms with E-state index < -0.39 is 10.0 Å². The molecule has 0 aliphatic carbocycles. The quantitative estimate of drug-likeness (QED) is 0.908. The third kappa shape index (κ3) is 2.56. The van der Waals surface area contributed by atoms with Crippen molar-refractivity contribution < 1.29 is 8.42 Å². The molecule has 18 heavy (non-hydrogen) atoms. The Morgan fingerprint density at radius 1 is 1.33 bits per heavy atom. The minimum Gasteiger partial charge on any atom is -0.281 e. The second-order valence-electron chi connectivity index (χ2n) is 3.92. The zero-order chi connectivity index (χ0) is 13.3. The summed E-state index contributed by atoms with van der Waals surface area (Å²) < 4.78 is 27.7. The Kier molecular flexibility index (Phi) is 3.45. The van der Waals surface area contributed by atoms with Gasteiger partial charge in [0.25, 0.3) is 10.0 Å². The van der Waals surface area contributed by atoms with Crippen LogP contribution in [0.15, 0.2) is 33.8 Å². The Morgan fingerprint density at radius 3 is 2.61 bits per heavy atom. The van der Waals surface area contributed by atoms with Crippen LogP contribution in [0.5, 0.6) is 0 Å². The molecule has 0 aliphatic rings. The standard InChI is InChI=1S/C11H12BrN3O2S/c1-7-5-9(12)3-4-10(7)15-18(16,17)11-6-13-14-8(11)2/h3-6,15H,1-2H3,(H,13,14). The van der Waals surface area contributed by atoms with Gasteiger partial charge in [0.15, 0.2) is 0 Å². The van der Waals surface area contributed by atoms with Gasteiger partial charge in [-0.15, -0.1) is 0 Å². The van der Waals surface area contributed by atoms with Crippen molar-refractivity contribution in [1.29, 1.82) is 0 Å².